The molecule has 90 valence electrons. The Morgan fingerprint density at radius 2 is 1.76 bits per heavy atom. The first-order chi connectivity index (χ1) is 8.43. The molecule has 0 aromatic heterocycles. The highest BCUT2D eigenvalue weighted by atomic mass is 14.5. The fourth-order valence-corrected chi connectivity index (χ4v) is 4.89. The van der Waals surface area contributed by atoms with Crippen LogP contribution in [0.15, 0.2) is 35.5 Å². The lowest BCUT2D eigenvalue weighted by molar-refractivity contribution is 0.173. The Morgan fingerprint density at radius 3 is 2.76 bits per heavy atom. The van der Waals surface area contributed by atoms with Crippen molar-refractivity contribution in [3.8, 4) is 0 Å². The highest BCUT2D eigenvalue weighted by molar-refractivity contribution is 5.40. The van der Waals surface area contributed by atoms with E-state index >= 15 is 0 Å². The summed E-state index contributed by atoms with van der Waals surface area (Å²) in [4.78, 5) is 0. The van der Waals surface area contributed by atoms with E-state index in [1.807, 2.05) is 5.57 Å². The van der Waals surface area contributed by atoms with Crippen molar-refractivity contribution in [1.29, 1.82) is 0 Å². The Labute approximate surface area is 104 Å². The number of allylic oxidation sites excluding steroid dienone is 6. The topological polar surface area (TPSA) is 0 Å². The van der Waals surface area contributed by atoms with Gasteiger partial charge in [-0.15, -0.1) is 0 Å². The van der Waals surface area contributed by atoms with Crippen molar-refractivity contribution < 1.29 is 0 Å². The largest absolute Gasteiger partial charge is 0.0836 e. The van der Waals surface area contributed by atoms with Crippen LogP contribution in [-0.4, -0.2) is 0 Å². The van der Waals surface area contributed by atoms with E-state index in [0.29, 0.717) is 0 Å². The van der Waals surface area contributed by atoms with Gasteiger partial charge in [0, 0.05) is 0 Å². The fourth-order valence-electron chi connectivity index (χ4n) is 4.89. The fraction of sp³-hybridized carbons (Fsp3) is 0.647. The zero-order valence-corrected chi connectivity index (χ0v) is 10.6. The molecule has 4 atom stereocenters. The summed E-state index contributed by atoms with van der Waals surface area (Å²) in [5.74, 6) is 3.76. The molecule has 0 N–H and O–H groups in total. The van der Waals surface area contributed by atoms with Crippen LogP contribution in [0.2, 0.25) is 0 Å². The minimum Gasteiger partial charge on any atom is -0.0836 e. The lowest BCUT2D eigenvalue weighted by atomic mass is 9.60. The second-order valence-electron chi connectivity index (χ2n) is 6.41. The summed E-state index contributed by atoms with van der Waals surface area (Å²) in [5.41, 5.74) is 3.46. The second kappa shape index (κ2) is 3.86. The Hall–Kier alpha value is -0.780. The van der Waals surface area contributed by atoms with Crippen molar-refractivity contribution in [2.75, 3.05) is 0 Å². The van der Waals surface area contributed by atoms with E-state index in [9.17, 15) is 0 Å². The van der Waals surface area contributed by atoms with Gasteiger partial charge in [0.15, 0.2) is 0 Å². The zero-order valence-electron chi connectivity index (χ0n) is 10.6. The van der Waals surface area contributed by atoms with Crippen LogP contribution in [0.5, 0.6) is 0 Å². The van der Waals surface area contributed by atoms with Crippen molar-refractivity contribution in [2.24, 2.45) is 23.7 Å². The number of fused-ring (bicyclic) bond motifs is 5. The molecule has 0 heteroatoms. The molecule has 0 aliphatic heterocycles. The first-order valence-corrected chi connectivity index (χ1v) is 7.51. The average Bonchev–Trinajstić information content (AvgIpc) is 2.86. The first kappa shape index (κ1) is 10.2. The molecule has 4 aliphatic carbocycles. The average molecular weight is 226 g/mol. The van der Waals surface area contributed by atoms with Gasteiger partial charge in [-0.1, -0.05) is 42.7 Å². The molecule has 0 aromatic carbocycles. The second-order valence-corrected chi connectivity index (χ2v) is 6.41. The molecule has 0 radical (unpaired) electrons. The van der Waals surface area contributed by atoms with Gasteiger partial charge in [-0.2, -0.15) is 0 Å². The highest BCUT2D eigenvalue weighted by Crippen LogP contribution is 2.52. The number of hydrogen-bond donors (Lipinski definition) is 0. The molecule has 0 heterocycles. The monoisotopic (exact) mass is 226 g/mol. The van der Waals surface area contributed by atoms with Gasteiger partial charge in [0.1, 0.15) is 0 Å². The molecule has 2 fully saturated rings. The van der Waals surface area contributed by atoms with Crippen molar-refractivity contribution >= 4 is 0 Å². The third-order valence-corrected chi connectivity index (χ3v) is 5.70. The SMILES string of the molecule is C1=CC2=CC=C3C4CCCCC4CCC3C2C1. The summed E-state index contributed by atoms with van der Waals surface area (Å²) in [6.45, 7) is 0. The molecule has 0 aromatic rings. The Morgan fingerprint density at radius 1 is 0.824 bits per heavy atom. The van der Waals surface area contributed by atoms with Gasteiger partial charge in [-0.3, -0.25) is 0 Å². The van der Waals surface area contributed by atoms with E-state index in [4.69, 9.17) is 0 Å². The predicted octanol–water partition coefficient (Wildman–Crippen LogP) is 4.65. The molecule has 0 spiro atoms. The van der Waals surface area contributed by atoms with Crippen LogP contribution in [0.25, 0.3) is 0 Å². The standard InChI is InChI=1S/C17H22/c1-2-6-14-12(4-1)8-10-17-15-7-3-5-13(15)9-11-16(14)17/h3,5,9,11-12,14-15,17H,1-2,4,6-8,10H2. The smallest absolute Gasteiger partial charge is 0.00616 e. The molecule has 0 amide bonds. The lowest BCUT2D eigenvalue weighted by Crippen LogP contribution is -2.34. The quantitative estimate of drug-likeness (QED) is 0.564. The summed E-state index contributed by atoms with van der Waals surface area (Å²) in [7, 11) is 0. The van der Waals surface area contributed by atoms with E-state index in [0.717, 1.165) is 23.7 Å². The molecule has 4 rings (SSSR count). The van der Waals surface area contributed by atoms with Crippen LogP contribution >= 0.6 is 0 Å². The minimum atomic E-state index is 0.859. The van der Waals surface area contributed by atoms with E-state index in [-0.39, 0.29) is 0 Å². The van der Waals surface area contributed by atoms with E-state index in [1.165, 1.54) is 44.9 Å². The Balaban J connectivity index is 1.69. The molecule has 17 heavy (non-hydrogen) atoms. The molecule has 0 nitrogen and oxygen atoms in total. The maximum absolute atomic E-state index is 2.51. The van der Waals surface area contributed by atoms with Gasteiger partial charge in [0.25, 0.3) is 0 Å². The van der Waals surface area contributed by atoms with Gasteiger partial charge < -0.3 is 0 Å². The normalized spacial score (nSPS) is 43.3. The van der Waals surface area contributed by atoms with E-state index in [1.54, 1.807) is 5.57 Å². The van der Waals surface area contributed by atoms with Gasteiger partial charge in [-0.05, 0) is 61.3 Å². The van der Waals surface area contributed by atoms with Gasteiger partial charge >= 0.3 is 0 Å². The minimum absolute atomic E-state index is 0.859. The Bertz CT molecular complexity index is 410. The van der Waals surface area contributed by atoms with Crippen molar-refractivity contribution in [1.82, 2.24) is 0 Å². The van der Waals surface area contributed by atoms with Crippen LogP contribution < -0.4 is 0 Å². The Kier molecular flexibility index (Phi) is 2.31. The summed E-state index contributed by atoms with van der Waals surface area (Å²) in [6, 6.07) is 0. The van der Waals surface area contributed by atoms with Crippen LogP contribution in [0.4, 0.5) is 0 Å². The summed E-state index contributed by atoms with van der Waals surface area (Å²) in [6.07, 6.45) is 19.9. The first-order valence-electron chi connectivity index (χ1n) is 7.51. The molecule has 0 saturated heterocycles. The van der Waals surface area contributed by atoms with Gasteiger partial charge in [-0.25, -0.2) is 0 Å². The molecule has 4 unspecified atom stereocenters. The molecule has 4 aliphatic rings. The third kappa shape index (κ3) is 1.49. The summed E-state index contributed by atoms with van der Waals surface area (Å²) < 4.78 is 0. The lowest BCUT2D eigenvalue weighted by Gasteiger charge is -2.45. The van der Waals surface area contributed by atoms with Crippen LogP contribution in [0, 0.1) is 23.7 Å². The maximum atomic E-state index is 2.51. The van der Waals surface area contributed by atoms with Crippen LogP contribution in [0.1, 0.15) is 44.9 Å². The highest BCUT2D eigenvalue weighted by Gasteiger charge is 2.41. The van der Waals surface area contributed by atoms with Crippen molar-refractivity contribution in [2.45, 2.75) is 44.9 Å². The molecular weight excluding hydrogens is 204 g/mol. The number of hydrogen-bond acceptors (Lipinski definition) is 0. The van der Waals surface area contributed by atoms with Gasteiger partial charge in [0.2, 0.25) is 0 Å². The molecular formula is C17H22. The summed E-state index contributed by atoms with van der Waals surface area (Å²) >= 11 is 0. The molecule has 2 saturated carbocycles. The van der Waals surface area contributed by atoms with E-state index < -0.39 is 0 Å². The number of rotatable bonds is 0. The third-order valence-electron chi connectivity index (χ3n) is 5.70. The van der Waals surface area contributed by atoms with Crippen LogP contribution in [0.3, 0.4) is 0 Å². The van der Waals surface area contributed by atoms with Gasteiger partial charge in [0.05, 0.1) is 0 Å². The predicted molar refractivity (Wildman–Crippen MR) is 71.6 cm³/mol. The van der Waals surface area contributed by atoms with Crippen molar-refractivity contribution in [3.63, 3.8) is 0 Å². The maximum Gasteiger partial charge on any atom is -0.00616 e. The zero-order chi connectivity index (χ0) is 11.2. The molecule has 0 bridgehead atoms. The van der Waals surface area contributed by atoms with Crippen LogP contribution in [-0.2, 0) is 0 Å². The van der Waals surface area contributed by atoms with E-state index in [2.05, 4.69) is 24.3 Å². The van der Waals surface area contributed by atoms with Crippen molar-refractivity contribution in [3.05, 3.63) is 35.5 Å². The summed E-state index contributed by atoms with van der Waals surface area (Å²) in [5, 5.41) is 0.